The number of aryl methyl sites for hydroxylation is 1. The average molecular weight is 262 g/mol. The van der Waals surface area contributed by atoms with Crippen LogP contribution in [0.25, 0.3) is 0 Å². The minimum atomic E-state index is 0.492. The number of hydrogen-bond donors (Lipinski definition) is 1. The Balaban J connectivity index is 1.97. The topological polar surface area (TPSA) is 82.5 Å². The van der Waals surface area contributed by atoms with Gasteiger partial charge in [0, 0.05) is 18.5 Å². The normalized spacial score (nSPS) is 15.0. The maximum atomic E-state index is 5.95. The van der Waals surface area contributed by atoms with Crippen LogP contribution in [0.5, 0.6) is 0 Å². The molecule has 0 unspecified atom stereocenters. The first-order chi connectivity index (χ1) is 8.65. The van der Waals surface area contributed by atoms with Crippen LogP contribution in [0.4, 0.5) is 5.82 Å². The molecule has 2 aromatic rings. The van der Waals surface area contributed by atoms with E-state index in [-0.39, 0.29) is 0 Å². The van der Waals surface area contributed by atoms with Crippen LogP contribution in [0.1, 0.15) is 30.1 Å². The fraction of sp³-hybridized carbons (Fsp3) is 0.455. The van der Waals surface area contributed by atoms with Gasteiger partial charge in [0.1, 0.15) is 23.0 Å². The standard InChI is InChI=1S/C11H14N6S/c1-6-8(12)14-9(7-3-4-7)15-10(6)18-11-16-13-5-17(11)2/h5,7H,3-4H2,1-2H3,(H2,12,14,15). The lowest BCUT2D eigenvalue weighted by molar-refractivity contribution is 0.783. The summed E-state index contributed by atoms with van der Waals surface area (Å²) in [6.07, 6.45) is 4.00. The van der Waals surface area contributed by atoms with E-state index in [0.717, 1.165) is 34.4 Å². The molecule has 2 heterocycles. The van der Waals surface area contributed by atoms with Gasteiger partial charge in [0.15, 0.2) is 5.16 Å². The first-order valence-corrected chi connectivity index (χ1v) is 6.62. The van der Waals surface area contributed by atoms with Crippen molar-refractivity contribution in [1.82, 2.24) is 24.7 Å². The van der Waals surface area contributed by atoms with E-state index >= 15 is 0 Å². The molecule has 0 saturated heterocycles. The first-order valence-electron chi connectivity index (χ1n) is 5.81. The van der Waals surface area contributed by atoms with Gasteiger partial charge < -0.3 is 10.3 Å². The van der Waals surface area contributed by atoms with Crippen LogP contribution >= 0.6 is 11.8 Å². The van der Waals surface area contributed by atoms with Crippen LogP contribution in [0, 0.1) is 6.92 Å². The number of hydrogen-bond acceptors (Lipinski definition) is 6. The molecule has 0 aliphatic heterocycles. The molecule has 0 aromatic carbocycles. The van der Waals surface area contributed by atoms with Crippen LogP contribution in [0.15, 0.2) is 16.5 Å². The van der Waals surface area contributed by atoms with Gasteiger partial charge in [0.25, 0.3) is 0 Å². The Morgan fingerprint density at radius 2 is 2.17 bits per heavy atom. The fourth-order valence-electron chi connectivity index (χ4n) is 1.60. The predicted octanol–water partition coefficient (Wildman–Crippen LogP) is 1.52. The molecule has 2 N–H and O–H groups in total. The third-order valence-corrected chi connectivity index (χ3v) is 4.10. The average Bonchev–Trinajstić information content (AvgIpc) is 3.11. The zero-order chi connectivity index (χ0) is 12.7. The summed E-state index contributed by atoms with van der Waals surface area (Å²) in [7, 11) is 1.91. The second kappa shape index (κ2) is 4.24. The predicted molar refractivity (Wildman–Crippen MR) is 68.3 cm³/mol. The van der Waals surface area contributed by atoms with Crippen molar-refractivity contribution in [2.45, 2.75) is 35.9 Å². The maximum absolute atomic E-state index is 5.95. The summed E-state index contributed by atoms with van der Waals surface area (Å²) in [5.41, 5.74) is 6.86. The second-order valence-corrected chi connectivity index (χ2v) is 5.45. The van der Waals surface area contributed by atoms with Gasteiger partial charge >= 0.3 is 0 Å². The van der Waals surface area contributed by atoms with Crippen molar-refractivity contribution in [2.24, 2.45) is 7.05 Å². The van der Waals surface area contributed by atoms with E-state index in [0.29, 0.717) is 11.7 Å². The Kier molecular flexibility index (Phi) is 2.70. The van der Waals surface area contributed by atoms with E-state index in [2.05, 4.69) is 20.2 Å². The zero-order valence-electron chi connectivity index (χ0n) is 10.3. The van der Waals surface area contributed by atoms with Crippen molar-refractivity contribution < 1.29 is 0 Å². The fourth-order valence-corrected chi connectivity index (χ4v) is 2.45. The van der Waals surface area contributed by atoms with Crippen molar-refractivity contribution in [3.05, 3.63) is 17.7 Å². The maximum Gasteiger partial charge on any atom is 0.197 e. The summed E-state index contributed by atoms with van der Waals surface area (Å²) in [6.45, 7) is 1.94. The summed E-state index contributed by atoms with van der Waals surface area (Å²) in [6, 6.07) is 0. The van der Waals surface area contributed by atoms with Crippen molar-refractivity contribution in [2.75, 3.05) is 5.73 Å². The van der Waals surface area contributed by atoms with Crippen molar-refractivity contribution >= 4 is 17.6 Å². The third kappa shape index (κ3) is 2.05. The highest BCUT2D eigenvalue weighted by Gasteiger charge is 2.28. The number of nitrogens with zero attached hydrogens (tertiary/aromatic N) is 5. The number of rotatable bonds is 3. The molecule has 1 aliphatic rings. The Morgan fingerprint density at radius 1 is 1.39 bits per heavy atom. The summed E-state index contributed by atoms with van der Waals surface area (Å²) in [4.78, 5) is 8.96. The van der Waals surface area contributed by atoms with Gasteiger partial charge in [0.05, 0.1) is 0 Å². The monoisotopic (exact) mass is 262 g/mol. The number of anilines is 1. The first kappa shape index (κ1) is 11.5. The molecule has 0 spiro atoms. The van der Waals surface area contributed by atoms with Crippen molar-refractivity contribution in [3.63, 3.8) is 0 Å². The molecule has 0 radical (unpaired) electrons. The van der Waals surface area contributed by atoms with E-state index in [1.807, 2.05) is 18.5 Å². The van der Waals surface area contributed by atoms with Gasteiger partial charge in [-0.25, -0.2) is 9.97 Å². The van der Waals surface area contributed by atoms with E-state index in [1.54, 1.807) is 6.33 Å². The summed E-state index contributed by atoms with van der Waals surface area (Å²) in [5, 5.41) is 9.58. The Hall–Kier alpha value is -1.63. The molecule has 94 valence electrons. The molecule has 1 fully saturated rings. The molecule has 6 nitrogen and oxygen atoms in total. The number of nitrogens with two attached hydrogens (primary N) is 1. The lowest BCUT2D eigenvalue weighted by Gasteiger charge is -2.08. The molecule has 3 rings (SSSR count). The summed E-state index contributed by atoms with van der Waals surface area (Å²) >= 11 is 1.48. The molecule has 18 heavy (non-hydrogen) atoms. The van der Waals surface area contributed by atoms with Gasteiger partial charge in [-0.1, -0.05) is 0 Å². The molecule has 0 amide bonds. The quantitative estimate of drug-likeness (QED) is 0.844. The highest BCUT2D eigenvalue weighted by Crippen LogP contribution is 2.40. The minimum Gasteiger partial charge on any atom is -0.383 e. The molecule has 0 bridgehead atoms. The molecular formula is C11H14N6S. The van der Waals surface area contributed by atoms with Crippen molar-refractivity contribution in [3.8, 4) is 0 Å². The Morgan fingerprint density at radius 3 is 2.78 bits per heavy atom. The van der Waals surface area contributed by atoms with Gasteiger partial charge in [-0.05, 0) is 31.5 Å². The molecule has 7 heteroatoms. The molecule has 1 saturated carbocycles. The van der Waals surface area contributed by atoms with E-state index in [1.165, 1.54) is 11.8 Å². The lowest BCUT2D eigenvalue weighted by atomic mass is 10.3. The molecular weight excluding hydrogens is 248 g/mol. The van der Waals surface area contributed by atoms with E-state index in [9.17, 15) is 0 Å². The van der Waals surface area contributed by atoms with E-state index in [4.69, 9.17) is 5.73 Å². The number of aromatic nitrogens is 5. The van der Waals surface area contributed by atoms with Crippen LogP contribution in [-0.4, -0.2) is 24.7 Å². The van der Waals surface area contributed by atoms with Gasteiger partial charge in [-0.3, -0.25) is 0 Å². The van der Waals surface area contributed by atoms with Gasteiger partial charge in [-0.15, -0.1) is 10.2 Å². The lowest BCUT2D eigenvalue weighted by Crippen LogP contribution is -2.04. The minimum absolute atomic E-state index is 0.492. The van der Waals surface area contributed by atoms with E-state index < -0.39 is 0 Å². The smallest absolute Gasteiger partial charge is 0.197 e. The number of nitrogen functional groups attached to an aromatic ring is 1. The molecule has 2 aromatic heterocycles. The zero-order valence-corrected chi connectivity index (χ0v) is 11.1. The highest BCUT2D eigenvalue weighted by molar-refractivity contribution is 7.99. The SMILES string of the molecule is Cc1c(N)nc(C2CC2)nc1Sc1nncn1C. The summed E-state index contributed by atoms with van der Waals surface area (Å²) in [5.74, 6) is 1.92. The van der Waals surface area contributed by atoms with Crippen LogP contribution in [0.2, 0.25) is 0 Å². The van der Waals surface area contributed by atoms with Crippen LogP contribution in [0.3, 0.4) is 0 Å². The molecule has 1 aliphatic carbocycles. The van der Waals surface area contributed by atoms with Crippen LogP contribution < -0.4 is 5.73 Å². The Bertz CT molecular complexity index is 589. The van der Waals surface area contributed by atoms with Gasteiger partial charge in [0.2, 0.25) is 0 Å². The highest BCUT2D eigenvalue weighted by atomic mass is 32.2. The molecule has 0 atom stereocenters. The third-order valence-electron chi connectivity index (χ3n) is 2.96. The Labute approximate surface area is 109 Å². The van der Waals surface area contributed by atoms with Crippen molar-refractivity contribution in [1.29, 1.82) is 0 Å². The summed E-state index contributed by atoms with van der Waals surface area (Å²) < 4.78 is 1.86. The largest absolute Gasteiger partial charge is 0.383 e. The second-order valence-electron chi connectivity index (χ2n) is 4.50. The van der Waals surface area contributed by atoms with Crippen LogP contribution in [-0.2, 0) is 7.05 Å². The van der Waals surface area contributed by atoms with Gasteiger partial charge in [-0.2, -0.15) is 0 Å².